The number of amides is 2. The van der Waals surface area contributed by atoms with Gasteiger partial charge in [0.25, 0.3) is 0 Å². The van der Waals surface area contributed by atoms with E-state index in [2.05, 4.69) is 15.6 Å². The second-order valence-electron chi connectivity index (χ2n) is 5.09. The lowest BCUT2D eigenvalue weighted by atomic mass is 10.1. The van der Waals surface area contributed by atoms with Crippen LogP contribution in [0, 0.1) is 6.92 Å². The fourth-order valence-electron chi connectivity index (χ4n) is 2.47. The Bertz CT molecular complexity index is 705. The third kappa shape index (κ3) is 2.03. The molecule has 1 saturated heterocycles. The number of imidazole rings is 1. The zero-order chi connectivity index (χ0) is 14.3. The number of anilines is 1. The molecule has 1 aromatic carbocycles. The van der Waals surface area contributed by atoms with E-state index in [1.807, 2.05) is 36.7 Å². The van der Waals surface area contributed by atoms with Gasteiger partial charge in [0, 0.05) is 13.5 Å². The zero-order valence-electron chi connectivity index (χ0n) is 11.4. The second-order valence-corrected chi connectivity index (χ2v) is 5.09. The Morgan fingerprint density at radius 3 is 2.90 bits per heavy atom. The highest BCUT2D eigenvalue weighted by atomic mass is 16.2. The molecule has 2 N–H and O–H groups in total. The molecule has 2 aromatic rings. The lowest BCUT2D eigenvalue weighted by Crippen LogP contribution is -2.47. The summed E-state index contributed by atoms with van der Waals surface area (Å²) in [5, 5.41) is 5.46. The minimum Gasteiger partial charge on any atom is -0.344 e. The summed E-state index contributed by atoms with van der Waals surface area (Å²) in [5.41, 5.74) is 3.03. The first-order chi connectivity index (χ1) is 9.56. The standard InChI is InChI=1S/C14H16N4O2/c1-8-4-3-5-10-12(8)17-14(18(10)2)15-9-6-7-11(19)16-13(9)20/h3-5,9H,6-7H2,1-2H3,(H,15,17)(H,16,19,20). The summed E-state index contributed by atoms with van der Waals surface area (Å²) in [6.45, 7) is 2.01. The molecule has 2 amide bonds. The Labute approximate surface area is 116 Å². The van der Waals surface area contributed by atoms with Gasteiger partial charge in [-0.05, 0) is 25.0 Å². The van der Waals surface area contributed by atoms with Crippen LogP contribution in [0.1, 0.15) is 18.4 Å². The number of nitrogens with one attached hydrogen (secondary N) is 2. The van der Waals surface area contributed by atoms with E-state index in [0.717, 1.165) is 16.6 Å². The highest BCUT2D eigenvalue weighted by molar-refractivity contribution is 6.01. The first-order valence-corrected chi connectivity index (χ1v) is 6.58. The fourth-order valence-corrected chi connectivity index (χ4v) is 2.47. The van der Waals surface area contributed by atoms with Crippen LogP contribution in [0.4, 0.5) is 5.95 Å². The number of piperidine rings is 1. The minimum absolute atomic E-state index is 0.214. The van der Waals surface area contributed by atoms with Crippen molar-refractivity contribution in [2.24, 2.45) is 7.05 Å². The van der Waals surface area contributed by atoms with Crippen molar-refractivity contribution in [2.75, 3.05) is 5.32 Å². The maximum Gasteiger partial charge on any atom is 0.249 e. The Hall–Kier alpha value is -2.37. The SMILES string of the molecule is Cc1cccc2c1nc(NC1CCC(=O)NC1=O)n2C. The number of nitrogens with zero attached hydrogens (tertiary/aromatic N) is 2. The smallest absolute Gasteiger partial charge is 0.249 e. The number of aryl methyl sites for hydroxylation is 2. The van der Waals surface area contributed by atoms with Gasteiger partial charge < -0.3 is 9.88 Å². The van der Waals surface area contributed by atoms with E-state index in [1.165, 1.54) is 0 Å². The largest absolute Gasteiger partial charge is 0.344 e. The Morgan fingerprint density at radius 1 is 1.40 bits per heavy atom. The monoisotopic (exact) mass is 272 g/mol. The average molecular weight is 272 g/mol. The molecule has 6 heteroatoms. The molecule has 1 atom stereocenters. The first-order valence-electron chi connectivity index (χ1n) is 6.58. The molecular weight excluding hydrogens is 256 g/mol. The number of benzene rings is 1. The van der Waals surface area contributed by atoms with E-state index in [1.54, 1.807) is 0 Å². The number of imide groups is 1. The number of hydrogen-bond donors (Lipinski definition) is 2. The van der Waals surface area contributed by atoms with Crippen molar-refractivity contribution in [2.45, 2.75) is 25.8 Å². The van der Waals surface area contributed by atoms with Crippen LogP contribution < -0.4 is 10.6 Å². The van der Waals surface area contributed by atoms with Crippen LogP contribution >= 0.6 is 0 Å². The summed E-state index contributed by atoms with van der Waals surface area (Å²) in [5.74, 6) is 0.141. The van der Waals surface area contributed by atoms with Crippen molar-refractivity contribution >= 4 is 28.8 Å². The number of fused-ring (bicyclic) bond motifs is 1. The molecule has 1 aliphatic heterocycles. The van der Waals surface area contributed by atoms with Crippen molar-refractivity contribution in [3.8, 4) is 0 Å². The van der Waals surface area contributed by atoms with Crippen LogP contribution in [0.2, 0.25) is 0 Å². The van der Waals surface area contributed by atoms with Crippen LogP contribution in [-0.2, 0) is 16.6 Å². The van der Waals surface area contributed by atoms with Gasteiger partial charge in [-0.25, -0.2) is 4.98 Å². The maximum atomic E-state index is 11.8. The Balaban J connectivity index is 1.91. The van der Waals surface area contributed by atoms with Crippen LogP contribution in [0.25, 0.3) is 11.0 Å². The molecule has 6 nitrogen and oxygen atoms in total. The van der Waals surface area contributed by atoms with Gasteiger partial charge in [0.05, 0.1) is 11.0 Å². The predicted molar refractivity (Wildman–Crippen MR) is 75.2 cm³/mol. The summed E-state index contributed by atoms with van der Waals surface area (Å²) >= 11 is 0. The average Bonchev–Trinajstić information content (AvgIpc) is 2.72. The molecule has 1 unspecified atom stereocenters. The molecule has 20 heavy (non-hydrogen) atoms. The molecule has 104 valence electrons. The number of aromatic nitrogens is 2. The molecule has 0 saturated carbocycles. The third-order valence-corrected chi connectivity index (χ3v) is 3.66. The summed E-state index contributed by atoms with van der Waals surface area (Å²) in [4.78, 5) is 27.5. The fraction of sp³-hybridized carbons (Fsp3) is 0.357. The maximum absolute atomic E-state index is 11.8. The molecule has 1 aliphatic rings. The first kappa shape index (κ1) is 12.7. The van der Waals surface area contributed by atoms with Gasteiger partial charge in [0.15, 0.2) is 0 Å². The van der Waals surface area contributed by atoms with E-state index in [4.69, 9.17) is 0 Å². The molecule has 1 aromatic heterocycles. The van der Waals surface area contributed by atoms with Gasteiger partial charge in [0.2, 0.25) is 17.8 Å². The molecular formula is C14H16N4O2. The second kappa shape index (κ2) is 4.63. The van der Waals surface area contributed by atoms with E-state index in [0.29, 0.717) is 18.8 Å². The normalized spacial score (nSPS) is 19.2. The molecule has 2 heterocycles. The van der Waals surface area contributed by atoms with Crippen LogP contribution in [0.5, 0.6) is 0 Å². The van der Waals surface area contributed by atoms with Gasteiger partial charge in [-0.2, -0.15) is 0 Å². The molecule has 3 rings (SSSR count). The van der Waals surface area contributed by atoms with Crippen molar-refractivity contribution in [1.82, 2.24) is 14.9 Å². The predicted octanol–water partition coefficient (Wildman–Crippen LogP) is 1.10. The number of para-hydroxylation sites is 1. The number of rotatable bonds is 2. The van der Waals surface area contributed by atoms with Gasteiger partial charge >= 0.3 is 0 Å². The molecule has 0 radical (unpaired) electrons. The molecule has 1 fully saturated rings. The van der Waals surface area contributed by atoms with Gasteiger partial charge in [-0.1, -0.05) is 12.1 Å². The van der Waals surface area contributed by atoms with Crippen LogP contribution in [-0.4, -0.2) is 27.4 Å². The Kier molecular flexibility index (Phi) is 2.93. The summed E-state index contributed by atoms with van der Waals surface area (Å²) in [6, 6.07) is 5.56. The van der Waals surface area contributed by atoms with Crippen LogP contribution in [0.3, 0.4) is 0 Å². The topological polar surface area (TPSA) is 76.0 Å². The van der Waals surface area contributed by atoms with Gasteiger partial charge in [-0.15, -0.1) is 0 Å². The summed E-state index contributed by atoms with van der Waals surface area (Å²) in [6.07, 6.45) is 0.846. The van der Waals surface area contributed by atoms with Crippen molar-refractivity contribution < 1.29 is 9.59 Å². The van der Waals surface area contributed by atoms with Crippen molar-refractivity contribution in [3.63, 3.8) is 0 Å². The molecule has 0 bridgehead atoms. The van der Waals surface area contributed by atoms with E-state index in [9.17, 15) is 9.59 Å². The van der Waals surface area contributed by atoms with E-state index in [-0.39, 0.29) is 11.8 Å². The van der Waals surface area contributed by atoms with Gasteiger partial charge in [0.1, 0.15) is 6.04 Å². The third-order valence-electron chi connectivity index (χ3n) is 3.66. The summed E-state index contributed by atoms with van der Waals surface area (Å²) in [7, 11) is 1.91. The summed E-state index contributed by atoms with van der Waals surface area (Å²) < 4.78 is 1.92. The highest BCUT2D eigenvalue weighted by Crippen LogP contribution is 2.22. The minimum atomic E-state index is -0.413. The van der Waals surface area contributed by atoms with Crippen LogP contribution in [0.15, 0.2) is 18.2 Å². The zero-order valence-corrected chi connectivity index (χ0v) is 11.4. The lowest BCUT2D eigenvalue weighted by molar-refractivity contribution is -0.133. The molecule has 0 aliphatic carbocycles. The van der Waals surface area contributed by atoms with Crippen molar-refractivity contribution in [3.05, 3.63) is 23.8 Å². The highest BCUT2D eigenvalue weighted by Gasteiger charge is 2.27. The van der Waals surface area contributed by atoms with E-state index >= 15 is 0 Å². The molecule has 0 spiro atoms. The van der Waals surface area contributed by atoms with Gasteiger partial charge in [-0.3, -0.25) is 14.9 Å². The van der Waals surface area contributed by atoms with Crippen molar-refractivity contribution in [1.29, 1.82) is 0 Å². The number of carbonyl (C=O) groups is 2. The Morgan fingerprint density at radius 2 is 2.20 bits per heavy atom. The lowest BCUT2D eigenvalue weighted by Gasteiger charge is -2.22. The quantitative estimate of drug-likeness (QED) is 0.803. The number of carbonyl (C=O) groups excluding carboxylic acids is 2. The number of hydrogen-bond acceptors (Lipinski definition) is 4. The van der Waals surface area contributed by atoms with E-state index < -0.39 is 6.04 Å².